The van der Waals surface area contributed by atoms with Gasteiger partial charge in [-0.15, -0.1) is 0 Å². The molecule has 0 spiro atoms. The first-order valence-electron chi connectivity index (χ1n) is 12.8. The summed E-state index contributed by atoms with van der Waals surface area (Å²) in [5.74, 6) is -0.0217. The number of nitrogens with one attached hydrogen (secondary N) is 1. The van der Waals surface area contributed by atoms with Crippen LogP contribution in [0.5, 0.6) is 17.2 Å². The molecule has 8 heteroatoms. The number of dihydropyridines is 1. The van der Waals surface area contributed by atoms with Crippen LogP contribution in [0, 0.1) is 0 Å². The Morgan fingerprint density at radius 3 is 2.47 bits per heavy atom. The highest BCUT2D eigenvalue weighted by atomic mass is 16.6. The van der Waals surface area contributed by atoms with E-state index in [1.807, 2.05) is 45.0 Å². The van der Waals surface area contributed by atoms with Gasteiger partial charge in [-0.2, -0.15) is 0 Å². The molecule has 0 aromatic heterocycles. The number of methoxy groups -OCH3 is 2. The Balaban J connectivity index is 1.69. The Kier molecular flexibility index (Phi) is 8.42. The Morgan fingerprint density at radius 2 is 1.79 bits per heavy atom. The molecule has 0 saturated heterocycles. The van der Waals surface area contributed by atoms with Crippen LogP contribution in [0.25, 0.3) is 0 Å². The van der Waals surface area contributed by atoms with Crippen LogP contribution in [0.4, 0.5) is 0 Å². The Bertz CT molecular complexity index is 1280. The van der Waals surface area contributed by atoms with Gasteiger partial charge in [-0.25, -0.2) is 4.79 Å². The van der Waals surface area contributed by atoms with Crippen molar-refractivity contribution in [1.82, 2.24) is 5.32 Å². The van der Waals surface area contributed by atoms with E-state index in [1.54, 1.807) is 32.4 Å². The van der Waals surface area contributed by atoms with Gasteiger partial charge in [-0.1, -0.05) is 18.2 Å². The maximum atomic E-state index is 13.8. The van der Waals surface area contributed by atoms with Gasteiger partial charge in [-0.05, 0) is 68.5 Å². The number of benzene rings is 2. The van der Waals surface area contributed by atoms with E-state index in [1.165, 1.54) is 0 Å². The van der Waals surface area contributed by atoms with E-state index in [0.717, 1.165) is 11.3 Å². The molecule has 2 atom stereocenters. The van der Waals surface area contributed by atoms with Gasteiger partial charge in [0.15, 0.2) is 17.3 Å². The van der Waals surface area contributed by atoms with Crippen molar-refractivity contribution in [2.45, 2.75) is 51.6 Å². The fourth-order valence-electron chi connectivity index (χ4n) is 5.19. The lowest BCUT2D eigenvalue weighted by Crippen LogP contribution is -2.36. The van der Waals surface area contributed by atoms with Crippen LogP contribution in [0.3, 0.4) is 0 Å². The number of phenolic OH excluding ortho intramolecular Hbond substituents is 1. The molecule has 0 amide bonds. The predicted molar refractivity (Wildman–Crippen MR) is 142 cm³/mol. The van der Waals surface area contributed by atoms with Crippen molar-refractivity contribution in [3.8, 4) is 17.2 Å². The van der Waals surface area contributed by atoms with Gasteiger partial charge < -0.3 is 29.4 Å². The van der Waals surface area contributed by atoms with Crippen molar-refractivity contribution in [3.63, 3.8) is 0 Å². The van der Waals surface area contributed by atoms with Gasteiger partial charge in [-0.3, -0.25) is 4.79 Å². The first kappa shape index (κ1) is 27.3. The van der Waals surface area contributed by atoms with E-state index < -0.39 is 11.9 Å². The van der Waals surface area contributed by atoms with Crippen LogP contribution in [0.15, 0.2) is 65.0 Å². The lowest BCUT2D eigenvalue weighted by Gasteiger charge is -2.36. The number of allylic oxidation sites excluding steroid dienone is 3. The predicted octanol–water partition coefficient (Wildman–Crippen LogP) is 4.74. The highest BCUT2D eigenvalue weighted by molar-refractivity contribution is 6.04. The van der Waals surface area contributed by atoms with E-state index in [2.05, 4.69) is 5.32 Å². The van der Waals surface area contributed by atoms with Crippen LogP contribution < -0.4 is 14.8 Å². The second kappa shape index (κ2) is 11.7. The van der Waals surface area contributed by atoms with E-state index in [-0.39, 0.29) is 43.2 Å². The average molecular weight is 522 g/mol. The van der Waals surface area contributed by atoms with Crippen LogP contribution in [0.1, 0.15) is 56.6 Å². The first-order chi connectivity index (χ1) is 18.2. The number of rotatable bonds is 9. The summed E-state index contributed by atoms with van der Waals surface area (Å²) in [7, 11) is 3.17. The summed E-state index contributed by atoms with van der Waals surface area (Å²) in [5.41, 5.74) is 3.90. The summed E-state index contributed by atoms with van der Waals surface area (Å²) in [4.78, 5) is 27.1. The number of carbonyl (C=O) groups is 2. The van der Waals surface area contributed by atoms with Crippen molar-refractivity contribution >= 4 is 11.8 Å². The number of hydrogen-bond donors (Lipinski definition) is 2. The third kappa shape index (κ3) is 5.70. The molecular weight excluding hydrogens is 486 g/mol. The summed E-state index contributed by atoms with van der Waals surface area (Å²) >= 11 is 0. The molecule has 0 saturated carbocycles. The molecule has 0 fully saturated rings. The lowest BCUT2D eigenvalue weighted by atomic mass is 9.71. The zero-order valence-electron chi connectivity index (χ0n) is 22.5. The third-order valence-corrected chi connectivity index (χ3v) is 6.90. The maximum absolute atomic E-state index is 13.8. The molecule has 2 N–H and O–H groups in total. The van der Waals surface area contributed by atoms with Gasteiger partial charge >= 0.3 is 5.97 Å². The van der Waals surface area contributed by atoms with Crippen LogP contribution in [-0.2, 0) is 19.1 Å². The molecule has 2 aromatic carbocycles. The fourth-order valence-corrected chi connectivity index (χ4v) is 5.19. The monoisotopic (exact) mass is 521 g/mol. The quantitative estimate of drug-likeness (QED) is 0.360. The molecule has 1 aliphatic carbocycles. The third-order valence-electron chi connectivity index (χ3n) is 6.90. The number of aromatic hydroxyl groups is 1. The Labute approximate surface area is 223 Å². The minimum atomic E-state index is -0.657. The number of hydrogen-bond acceptors (Lipinski definition) is 8. The minimum Gasteiger partial charge on any atom is -0.508 e. The number of ether oxygens (including phenoxy) is 4. The molecular formula is C30H35NO7. The number of ketones is 1. The lowest BCUT2D eigenvalue weighted by molar-refractivity contribution is -0.141. The van der Waals surface area contributed by atoms with Gasteiger partial charge in [0.2, 0.25) is 0 Å². The zero-order chi connectivity index (χ0) is 27.4. The molecule has 0 radical (unpaired) electrons. The van der Waals surface area contributed by atoms with Gasteiger partial charge in [0.05, 0.1) is 32.5 Å². The van der Waals surface area contributed by atoms with E-state index in [4.69, 9.17) is 18.9 Å². The number of phenols is 1. The van der Waals surface area contributed by atoms with Gasteiger partial charge in [0.1, 0.15) is 12.4 Å². The van der Waals surface area contributed by atoms with Crippen LogP contribution in [0.2, 0.25) is 0 Å². The van der Waals surface area contributed by atoms with E-state index in [9.17, 15) is 14.7 Å². The van der Waals surface area contributed by atoms with Crippen molar-refractivity contribution < 1.29 is 33.6 Å². The number of Topliss-reactive ketones (excluding diaryl/α,β-unsaturated/α-hetero) is 1. The molecule has 1 heterocycles. The van der Waals surface area contributed by atoms with Crippen molar-refractivity contribution in [1.29, 1.82) is 0 Å². The highest BCUT2D eigenvalue weighted by Crippen LogP contribution is 2.46. The topological polar surface area (TPSA) is 103 Å². The number of esters is 1. The van der Waals surface area contributed by atoms with Crippen molar-refractivity contribution in [2.24, 2.45) is 0 Å². The maximum Gasteiger partial charge on any atom is 0.336 e. The van der Waals surface area contributed by atoms with Crippen molar-refractivity contribution in [3.05, 3.63) is 76.1 Å². The first-order valence-corrected chi connectivity index (χ1v) is 12.8. The molecule has 8 nitrogen and oxygen atoms in total. The highest BCUT2D eigenvalue weighted by Gasteiger charge is 2.41. The average Bonchev–Trinajstić information content (AvgIpc) is 2.89. The van der Waals surface area contributed by atoms with Gasteiger partial charge in [0.25, 0.3) is 0 Å². The summed E-state index contributed by atoms with van der Waals surface area (Å²) in [5, 5.41) is 13.6. The molecule has 38 heavy (non-hydrogen) atoms. The zero-order valence-corrected chi connectivity index (χ0v) is 22.5. The summed E-state index contributed by atoms with van der Waals surface area (Å²) in [6.45, 7) is 6.01. The molecule has 1 aliphatic heterocycles. The van der Waals surface area contributed by atoms with Crippen LogP contribution >= 0.6 is 0 Å². The normalized spacial score (nSPS) is 19.3. The summed E-state index contributed by atoms with van der Waals surface area (Å²) in [6, 6.07) is 12.4. The molecule has 2 aliphatic rings. The second-order valence-corrected chi connectivity index (χ2v) is 9.78. The fraction of sp³-hybridized carbons (Fsp3) is 0.400. The Hall–Kier alpha value is -3.78. The standard InChI is InChI=1S/C30H35NO7/c1-17(2)37-11-12-38-30(34)27-18(3)31-23-14-21(19-9-10-25(35-4)26(16-19)36-5)15-24(33)29(23)28(27)20-7-6-8-22(32)13-20/h6-10,13,16-17,21,28,31-32H,11-12,14-15H2,1-5H3. The molecule has 2 aromatic rings. The molecule has 2 unspecified atom stereocenters. The van der Waals surface area contributed by atoms with Crippen molar-refractivity contribution in [2.75, 3.05) is 27.4 Å². The van der Waals surface area contributed by atoms with E-state index in [0.29, 0.717) is 40.3 Å². The van der Waals surface area contributed by atoms with Gasteiger partial charge in [0, 0.05) is 29.3 Å². The second-order valence-electron chi connectivity index (χ2n) is 9.78. The molecule has 202 valence electrons. The molecule has 4 rings (SSSR count). The number of carbonyl (C=O) groups excluding carboxylic acids is 2. The summed E-state index contributed by atoms with van der Waals surface area (Å²) < 4.78 is 21.9. The largest absolute Gasteiger partial charge is 0.508 e. The van der Waals surface area contributed by atoms with E-state index >= 15 is 0 Å². The smallest absolute Gasteiger partial charge is 0.336 e. The summed E-state index contributed by atoms with van der Waals surface area (Å²) in [6.07, 6.45) is 0.875. The SMILES string of the molecule is COc1ccc(C2CC(=O)C3=C(C2)NC(C)=C(C(=O)OCCOC(C)C)C3c2cccc(O)c2)cc1OC. The van der Waals surface area contributed by atoms with Crippen LogP contribution in [-0.4, -0.2) is 50.4 Å². The minimum absolute atomic E-state index is 0.0252. The molecule has 0 bridgehead atoms. The Morgan fingerprint density at radius 1 is 1.03 bits per heavy atom.